The number of aliphatic hydroxyl groups excluding tert-OH is 1. The summed E-state index contributed by atoms with van der Waals surface area (Å²) < 4.78 is 10.4. The van der Waals surface area contributed by atoms with E-state index in [2.05, 4.69) is 0 Å². The van der Waals surface area contributed by atoms with E-state index in [1.165, 1.54) is 0 Å². The molecule has 1 atom stereocenters. The van der Waals surface area contributed by atoms with Crippen molar-refractivity contribution in [3.05, 3.63) is 71.3 Å². The number of ether oxygens (including phenoxy) is 2. The SMILES string of the molecule is COC(OC)c1ccc(C(O)Cc2ccccc2)cc1. The summed E-state index contributed by atoms with van der Waals surface area (Å²) in [4.78, 5) is 0. The van der Waals surface area contributed by atoms with Crippen molar-refractivity contribution in [3.63, 3.8) is 0 Å². The van der Waals surface area contributed by atoms with Crippen molar-refractivity contribution in [1.29, 1.82) is 0 Å². The molecule has 0 fully saturated rings. The Hall–Kier alpha value is -1.68. The fourth-order valence-corrected chi connectivity index (χ4v) is 2.20. The van der Waals surface area contributed by atoms with Crippen LogP contribution in [0.5, 0.6) is 0 Å². The molecule has 0 spiro atoms. The molecule has 0 aliphatic rings. The summed E-state index contributed by atoms with van der Waals surface area (Å²) in [6.45, 7) is 0. The second kappa shape index (κ2) is 7.20. The molecule has 2 aromatic rings. The van der Waals surface area contributed by atoms with Gasteiger partial charge in [0, 0.05) is 26.2 Å². The third-order valence-corrected chi connectivity index (χ3v) is 3.29. The first-order valence-corrected chi connectivity index (χ1v) is 6.62. The highest BCUT2D eigenvalue weighted by Crippen LogP contribution is 2.22. The Labute approximate surface area is 119 Å². The van der Waals surface area contributed by atoms with Crippen molar-refractivity contribution >= 4 is 0 Å². The van der Waals surface area contributed by atoms with Crippen molar-refractivity contribution in [2.75, 3.05) is 14.2 Å². The van der Waals surface area contributed by atoms with Crippen molar-refractivity contribution in [2.45, 2.75) is 18.8 Å². The smallest absolute Gasteiger partial charge is 0.183 e. The number of aliphatic hydroxyl groups is 1. The average molecular weight is 272 g/mol. The Bertz CT molecular complexity index is 504. The summed E-state index contributed by atoms with van der Waals surface area (Å²) in [5, 5.41) is 10.3. The van der Waals surface area contributed by atoms with Gasteiger partial charge in [0.25, 0.3) is 0 Å². The molecule has 3 nitrogen and oxygen atoms in total. The van der Waals surface area contributed by atoms with E-state index in [1.54, 1.807) is 14.2 Å². The Morgan fingerprint density at radius 3 is 1.95 bits per heavy atom. The highest BCUT2D eigenvalue weighted by Gasteiger charge is 2.11. The topological polar surface area (TPSA) is 38.7 Å². The molecule has 0 aromatic heterocycles. The highest BCUT2D eigenvalue weighted by molar-refractivity contribution is 5.27. The van der Waals surface area contributed by atoms with E-state index in [1.807, 2.05) is 54.6 Å². The van der Waals surface area contributed by atoms with Crippen LogP contribution in [0.3, 0.4) is 0 Å². The number of hydrogen-bond acceptors (Lipinski definition) is 3. The van der Waals surface area contributed by atoms with Crippen molar-refractivity contribution < 1.29 is 14.6 Å². The van der Waals surface area contributed by atoms with Crippen molar-refractivity contribution in [2.24, 2.45) is 0 Å². The largest absolute Gasteiger partial charge is 0.388 e. The Morgan fingerprint density at radius 2 is 1.40 bits per heavy atom. The summed E-state index contributed by atoms with van der Waals surface area (Å²) in [7, 11) is 3.21. The highest BCUT2D eigenvalue weighted by atomic mass is 16.7. The van der Waals surface area contributed by atoms with Crippen molar-refractivity contribution in [1.82, 2.24) is 0 Å². The molecule has 0 heterocycles. The lowest BCUT2D eigenvalue weighted by Gasteiger charge is -2.15. The Balaban J connectivity index is 2.06. The molecule has 20 heavy (non-hydrogen) atoms. The minimum atomic E-state index is -0.505. The van der Waals surface area contributed by atoms with E-state index >= 15 is 0 Å². The molecule has 0 bridgehead atoms. The fourth-order valence-electron chi connectivity index (χ4n) is 2.20. The molecule has 2 rings (SSSR count). The maximum Gasteiger partial charge on any atom is 0.183 e. The van der Waals surface area contributed by atoms with Crippen LogP contribution >= 0.6 is 0 Å². The van der Waals surface area contributed by atoms with Crippen LogP contribution in [-0.4, -0.2) is 19.3 Å². The van der Waals surface area contributed by atoms with Crippen LogP contribution in [0.25, 0.3) is 0 Å². The maximum absolute atomic E-state index is 10.3. The third-order valence-electron chi connectivity index (χ3n) is 3.29. The predicted molar refractivity (Wildman–Crippen MR) is 78.3 cm³/mol. The van der Waals surface area contributed by atoms with Crippen LogP contribution in [0.2, 0.25) is 0 Å². The fraction of sp³-hybridized carbons (Fsp3) is 0.294. The van der Waals surface area contributed by atoms with Crippen LogP contribution in [-0.2, 0) is 15.9 Å². The zero-order valence-electron chi connectivity index (χ0n) is 11.8. The lowest BCUT2D eigenvalue weighted by molar-refractivity contribution is -0.106. The van der Waals surface area contributed by atoms with Gasteiger partial charge < -0.3 is 14.6 Å². The van der Waals surface area contributed by atoms with Crippen molar-refractivity contribution in [3.8, 4) is 0 Å². The molecule has 106 valence electrons. The molecular formula is C17H20O3. The second-order valence-electron chi connectivity index (χ2n) is 4.68. The van der Waals surface area contributed by atoms with Crippen LogP contribution in [0, 0.1) is 0 Å². The van der Waals surface area contributed by atoms with E-state index in [-0.39, 0.29) is 6.29 Å². The molecule has 0 aliphatic heterocycles. The lowest BCUT2D eigenvalue weighted by atomic mass is 10.0. The molecule has 1 unspecified atom stereocenters. The third kappa shape index (κ3) is 3.67. The van der Waals surface area contributed by atoms with E-state index in [9.17, 15) is 5.11 Å². The van der Waals surface area contributed by atoms with Gasteiger partial charge in [-0.25, -0.2) is 0 Å². The van der Waals surface area contributed by atoms with Gasteiger partial charge in [0.1, 0.15) is 0 Å². The molecule has 0 radical (unpaired) electrons. The molecule has 0 amide bonds. The van der Waals surface area contributed by atoms with Gasteiger partial charge >= 0.3 is 0 Å². The van der Waals surface area contributed by atoms with Gasteiger partial charge in [-0.2, -0.15) is 0 Å². The average Bonchev–Trinajstić information content (AvgIpc) is 2.50. The van der Waals surface area contributed by atoms with Gasteiger partial charge in [0.05, 0.1) is 6.10 Å². The zero-order valence-corrected chi connectivity index (χ0v) is 11.8. The number of hydrogen-bond donors (Lipinski definition) is 1. The summed E-state index contributed by atoms with van der Waals surface area (Å²) in [6, 6.07) is 17.6. The molecule has 3 heteroatoms. The number of methoxy groups -OCH3 is 2. The summed E-state index contributed by atoms with van der Waals surface area (Å²) in [5.74, 6) is 0. The zero-order chi connectivity index (χ0) is 14.4. The summed E-state index contributed by atoms with van der Waals surface area (Å²) >= 11 is 0. The molecule has 0 saturated carbocycles. The van der Waals surface area contributed by atoms with Gasteiger partial charge in [-0.1, -0.05) is 54.6 Å². The molecule has 1 N–H and O–H groups in total. The van der Waals surface area contributed by atoms with E-state index in [0.717, 1.165) is 16.7 Å². The van der Waals surface area contributed by atoms with E-state index < -0.39 is 6.10 Å². The quantitative estimate of drug-likeness (QED) is 0.820. The van der Waals surface area contributed by atoms with E-state index in [0.29, 0.717) is 6.42 Å². The number of rotatable bonds is 6. The van der Waals surface area contributed by atoms with Gasteiger partial charge in [-0.05, 0) is 11.1 Å². The van der Waals surface area contributed by atoms with Crippen LogP contribution < -0.4 is 0 Å². The Kier molecular flexibility index (Phi) is 5.30. The lowest BCUT2D eigenvalue weighted by Crippen LogP contribution is -2.05. The van der Waals surface area contributed by atoms with Gasteiger partial charge in [-0.3, -0.25) is 0 Å². The first-order chi connectivity index (χ1) is 9.74. The van der Waals surface area contributed by atoms with Crippen LogP contribution in [0.1, 0.15) is 29.1 Å². The molecule has 0 saturated heterocycles. The van der Waals surface area contributed by atoms with Crippen LogP contribution in [0.15, 0.2) is 54.6 Å². The second-order valence-corrected chi connectivity index (χ2v) is 4.68. The summed E-state index contributed by atoms with van der Waals surface area (Å²) in [6.07, 6.45) is -0.261. The van der Waals surface area contributed by atoms with Gasteiger partial charge in [0.2, 0.25) is 0 Å². The first-order valence-electron chi connectivity index (χ1n) is 6.62. The maximum atomic E-state index is 10.3. The minimum Gasteiger partial charge on any atom is -0.388 e. The monoisotopic (exact) mass is 272 g/mol. The van der Waals surface area contributed by atoms with Gasteiger partial charge in [0.15, 0.2) is 6.29 Å². The summed E-state index contributed by atoms with van der Waals surface area (Å²) in [5.41, 5.74) is 2.95. The van der Waals surface area contributed by atoms with Gasteiger partial charge in [-0.15, -0.1) is 0 Å². The normalized spacial score (nSPS) is 12.6. The van der Waals surface area contributed by atoms with Crippen LogP contribution in [0.4, 0.5) is 0 Å². The first kappa shape index (κ1) is 14.7. The number of benzene rings is 2. The predicted octanol–water partition coefficient (Wildman–Crippen LogP) is 3.25. The van der Waals surface area contributed by atoms with E-state index in [4.69, 9.17) is 9.47 Å². The molecular weight excluding hydrogens is 252 g/mol. The Morgan fingerprint density at radius 1 is 0.850 bits per heavy atom. The molecule has 0 aliphatic carbocycles. The standard InChI is InChI=1S/C17H20O3/c1-19-17(20-2)15-10-8-14(9-11-15)16(18)12-13-6-4-3-5-7-13/h3-11,16-18H,12H2,1-2H3. The minimum absolute atomic E-state index is 0.365. The molecule has 2 aromatic carbocycles.